The van der Waals surface area contributed by atoms with Crippen LogP contribution in [-0.4, -0.2) is 64.4 Å². The van der Waals surface area contributed by atoms with Crippen LogP contribution in [0.25, 0.3) is 0 Å². The quantitative estimate of drug-likeness (QED) is 0.270. The minimum Gasteiger partial charge on any atom is -0.378 e. The van der Waals surface area contributed by atoms with Gasteiger partial charge in [-0.25, -0.2) is 13.1 Å². The van der Waals surface area contributed by atoms with Gasteiger partial charge >= 0.3 is 0 Å². The van der Waals surface area contributed by atoms with Gasteiger partial charge in [0.15, 0.2) is 5.96 Å². The third-order valence-corrected chi connectivity index (χ3v) is 4.05. The number of hydrogen-bond acceptors (Lipinski definition) is 4. The van der Waals surface area contributed by atoms with Gasteiger partial charge < -0.3 is 15.4 Å². The normalized spacial score (nSPS) is 17.1. The van der Waals surface area contributed by atoms with E-state index in [1.165, 1.54) is 0 Å². The first-order chi connectivity index (χ1) is 8.55. The smallest absolute Gasteiger partial charge is 0.211 e. The summed E-state index contributed by atoms with van der Waals surface area (Å²) in [5.74, 6) is 0.614. The van der Waals surface area contributed by atoms with Crippen LogP contribution in [0, 0.1) is 0 Å². The fourth-order valence-corrected chi connectivity index (χ4v) is 2.15. The van der Waals surface area contributed by atoms with Crippen LogP contribution >= 0.6 is 24.0 Å². The zero-order valence-corrected chi connectivity index (χ0v) is 14.3. The number of sulfonamides is 1. The highest BCUT2D eigenvalue weighted by Gasteiger charge is 2.11. The summed E-state index contributed by atoms with van der Waals surface area (Å²) in [4.78, 5) is 6.20. The number of morpholine rings is 1. The number of ether oxygens (including phenoxy) is 1. The van der Waals surface area contributed by atoms with E-state index in [0.29, 0.717) is 38.7 Å². The van der Waals surface area contributed by atoms with Crippen molar-refractivity contribution in [1.29, 1.82) is 0 Å². The van der Waals surface area contributed by atoms with Crippen molar-refractivity contribution in [3.05, 3.63) is 0 Å². The Labute approximate surface area is 132 Å². The monoisotopic (exact) mass is 406 g/mol. The van der Waals surface area contributed by atoms with Crippen LogP contribution in [0.2, 0.25) is 0 Å². The number of aliphatic imine (C=N–C) groups is 1. The van der Waals surface area contributed by atoms with Gasteiger partial charge in [-0.2, -0.15) is 0 Å². The predicted molar refractivity (Wildman–Crippen MR) is 86.4 cm³/mol. The summed E-state index contributed by atoms with van der Waals surface area (Å²) in [5, 5.41) is 0. The molecule has 0 bridgehead atoms. The van der Waals surface area contributed by atoms with Crippen molar-refractivity contribution in [1.82, 2.24) is 9.62 Å². The van der Waals surface area contributed by atoms with Gasteiger partial charge in [-0.15, -0.1) is 24.0 Å². The largest absolute Gasteiger partial charge is 0.378 e. The molecule has 9 heteroatoms. The molecule has 0 aromatic heterocycles. The maximum absolute atomic E-state index is 11.1. The first-order valence-corrected chi connectivity index (χ1v) is 7.80. The Balaban J connectivity index is 0.00000324. The lowest BCUT2D eigenvalue weighted by Crippen LogP contribution is -2.44. The fraction of sp³-hybridized carbons (Fsp3) is 0.900. The molecule has 0 spiro atoms. The fourth-order valence-electron chi connectivity index (χ4n) is 1.49. The number of nitrogens with one attached hydrogen (secondary N) is 1. The summed E-state index contributed by atoms with van der Waals surface area (Å²) in [7, 11) is -3.10. The average Bonchev–Trinajstić information content (AvgIpc) is 2.39. The molecule has 0 atom stereocenters. The van der Waals surface area contributed by atoms with Gasteiger partial charge in [-0.1, -0.05) is 0 Å². The highest BCUT2D eigenvalue weighted by Crippen LogP contribution is 1.96. The van der Waals surface area contributed by atoms with Crippen LogP contribution in [0.3, 0.4) is 0 Å². The lowest BCUT2D eigenvalue weighted by Gasteiger charge is -2.27. The van der Waals surface area contributed by atoms with Crippen molar-refractivity contribution in [3.63, 3.8) is 0 Å². The summed E-state index contributed by atoms with van der Waals surface area (Å²) in [6.07, 6.45) is 0.643. The summed E-state index contributed by atoms with van der Waals surface area (Å²) < 4.78 is 30.0. The molecule has 7 nitrogen and oxygen atoms in total. The van der Waals surface area contributed by atoms with Gasteiger partial charge in [-0.05, 0) is 13.3 Å². The molecule has 0 aliphatic carbocycles. The Morgan fingerprint density at radius 1 is 1.42 bits per heavy atom. The second-order valence-electron chi connectivity index (χ2n) is 3.99. The van der Waals surface area contributed by atoms with E-state index in [2.05, 4.69) is 9.71 Å². The minimum absolute atomic E-state index is 0. The van der Waals surface area contributed by atoms with Gasteiger partial charge in [0.1, 0.15) is 0 Å². The van der Waals surface area contributed by atoms with Crippen LogP contribution in [0.1, 0.15) is 13.3 Å². The molecule has 3 N–H and O–H groups in total. The van der Waals surface area contributed by atoms with Gasteiger partial charge in [0.05, 0.1) is 19.0 Å². The van der Waals surface area contributed by atoms with Crippen molar-refractivity contribution in [2.24, 2.45) is 10.7 Å². The number of halogens is 1. The molecule has 1 aliphatic rings. The average molecular weight is 406 g/mol. The molecule has 1 heterocycles. The van der Waals surface area contributed by atoms with Crippen LogP contribution in [-0.2, 0) is 14.8 Å². The number of rotatable bonds is 6. The molecule has 0 aromatic carbocycles. The van der Waals surface area contributed by atoms with E-state index in [9.17, 15) is 8.42 Å². The predicted octanol–water partition coefficient (Wildman–Crippen LogP) is -0.419. The van der Waals surface area contributed by atoms with Crippen LogP contribution < -0.4 is 10.5 Å². The molecule has 1 rings (SSSR count). The summed E-state index contributed by atoms with van der Waals surface area (Å²) in [6, 6.07) is 0. The highest BCUT2D eigenvalue weighted by atomic mass is 127. The highest BCUT2D eigenvalue weighted by molar-refractivity contribution is 14.0. The lowest BCUT2D eigenvalue weighted by molar-refractivity contribution is 0.0674. The van der Waals surface area contributed by atoms with E-state index in [1.807, 2.05) is 4.90 Å². The molecule has 1 saturated heterocycles. The molecule has 0 radical (unpaired) electrons. The number of nitrogens with zero attached hydrogens (tertiary/aromatic N) is 2. The maximum Gasteiger partial charge on any atom is 0.211 e. The van der Waals surface area contributed by atoms with E-state index < -0.39 is 10.0 Å². The van der Waals surface area contributed by atoms with Crippen molar-refractivity contribution in [2.75, 3.05) is 45.1 Å². The molecule has 114 valence electrons. The molecule has 0 aromatic rings. The number of guanidine groups is 1. The van der Waals surface area contributed by atoms with Crippen molar-refractivity contribution in [3.8, 4) is 0 Å². The van der Waals surface area contributed by atoms with Gasteiger partial charge in [0.25, 0.3) is 0 Å². The lowest BCUT2D eigenvalue weighted by atomic mass is 10.4. The second kappa shape index (κ2) is 9.72. The number of nitrogens with two attached hydrogens (primary N) is 1. The second-order valence-corrected chi connectivity index (χ2v) is 6.09. The SMILES string of the molecule is CCS(=O)(=O)NCCCN=C(N)N1CCOCC1.I. The van der Waals surface area contributed by atoms with Crippen molar-refractivity contribution >= 4 is 40.0 Å². The van der Waals surface area contributed by atoms with Crippen LogP contribution in [0.15, 0.2) is 4.99 Å². The Bertz CT molecular complexity index is 369. The van der Waals surface area contributed by atoms with E-state index in [-0.39, 0.29) is 29.7 Å². The maximum atomic E-state index is 11.1. The Kier molecular flexibility index (Phi) is 9.66. The summed E-state index contributed by atoms with van der Waals surface area (Å²) >= 11 is 0. The zero-order chi connectivity index (χ0) is 13.4. The molecule has 0 amide bonds. The summed E-state index contributed by atoms with van der Waals surface area (Å²) in [6.45, 7) is 5.40. The van der Waals surface area contributed by atoms with E-state index in [0.717, 1.165) is 13.1 Å². The molecule has 1 fully saturated rings. The van der Waals surface area contributed by atoms with E-state index >= 15 is 0 Å². The van der Waals surface area contributed by atoms with Crippen LogP contribution in [0.4, 0.5) is 0 Å². The van der Waals surface area contributed by atoms with Crippen molar-refractivity contribution in [2.45, 2.75) is 13.3 Å². The first kappa shape index (κ1) is 18.9. The molecule has 19 heavy (non-hydrogen) atoms. The van der Waals surface area contributed by atoms with E-state index in [4.69, 9.17) is 10.5 Å². The van der Waals surface area contributed by atoms with Crippen molar-refractivity contribution < 1.29 is 13.2 Å². The molecular weight excluding hydrogens is 383 g/mol. The summed E-state index contributed by atoms with van der Waals surface area (Å²) in [5.41, 5.74) is 5.82. The molecular formula is C10H23IN4O3S. The van der Waals surface area contributed by atoms with Gasteiger partial charge in [0.2, 0.25) is 10.0 Å². The van der Waals surface area contributed by atoms with Gasteiger partial charge in [0, 0.05) is 26.2 Å². The topological polar surface area (TPSA) is 97.0 Å². The minimum atomic E-state index is -3.10. The first-order valence-electron chi connectivity index (χ1n) is 6.15. The Morgan fingerprint density at radius 3 is 2.63 bits per heavy atom. The van der Waals surface area contributed by atoms with E-state index in [1.54, 1.807) is 6.92 Å². The molecule has 1 aliphatic heterocycles. The third kappa shape index (κ3) is 7.90. The number of hydrogen-bond donors (Lipinski definition) is 2. The Hall–Kier alpha value is -0.130. The zero-order valence-electron chi connectivity index (χ0n) is 11.2. The van der Waals surface area contributed by atoms with Crippen LogP contribution in [0.5, 0.6) is 0 Å². The van der Waals surface area contributed by atoms with Gasteiger partial charge in [-0.3, -0.25) is 4.99 Å². The molecule has 0 unspecified atom stereocenters. The third-order valence-electron chi connectivity index (χ3n) is 2.65. The standard InChI is InChI=1S/C10H22N4O3S.HI/c1-2-18(15,16)13-5-3-4-12-10(11)14-6-8-17-9-7-14;/h13H,2-9H2,1H3,(H2,11,12);1H. The Morgan fingerprint density at radius 2 is 2.05 bits per heavy atom. The molecule has 0 saturated carbocycles.